The summed E-state index contributed by atoms with van der Waals surface area (Å²) in [7, 11) is 0. The molecule has 192 valence electrons. The highest BCUT2D eigenvalue weighted by Crippen LogP contribution is 2.59. The average molecular weight is 500 g/mol. The van der Waals surface area contributed by atoms with Crippen LogP contribution in [-0.4, -0.2) is 18.4 Å². The fourth-order valence-electron chi connectivity index (χ4n) is 7.37. The Labute approximate surface area is 218 Å². The van der Waals surface area contributed by atoms with Crippen LogP contribution in [0.1, 0.15) is 80.5 Å². The van der Waals surface area contributed by atoms with Crippen LogP contribution < -0.4 is 0 Å². The van der Waals surface area contributed by atoms with Crippen LogP contribution >= 0.6 is 0 Å². The number of ether oxygens (including phenoxy) is 1. The van der Waals surface area contributed by atoms with E-state index in [1.165, 1.54) is 17.2 Å². The van der Waals surface area contributed by atoms with Crippen molar-refractivity contribution in [2.24, 2.45) is 17.3 Å². The third-order valence-electron chi connectivity index (χ3n) is 9.30. The van der Waals surface area contributed by atoms with E-state index >= 15 is 4.39 Å². The lowest BCUT2D eigenvalue weighted by molar-refractivity contribution is -0.148. The molecule has 0 amide bonds. The molecule has 3 aliphatic rings. The van der Waals surface area contributed by atoms with E-state index in [1.54, 1.807) is 37.3 Å². The van der Waals surface area contributed by atoms with Gasteiger partial charge in [0.05, 0.1) is 12.7 Å². The van der Waals surface area contributed by atoms with E-state index < -0.39 is 17.2 Å². The molecule has 0 heterocycles. The predicted octanol–water partition coefficient (Wildman–Crippen LogP) is 6.84. The van der Waals surface area contributed by atoms with Gasteiger partial charge in [-0.1, -0.05) is 55.5 Å². The van der Waals surface area contributed by atoms with E-state index in [2.05, 4.69) is 25.1 Å². The van der Waals surface area contributed by atoms with Crippen molar-refractivity contribution in [1.82, 2.24) is 0 Å². The number of carbonyl (C=O) groups excluding carboxylic acids is 2. The molecule has 2 aromatic rings. The van der Waals surface area contributed by atoms with Gasteiger partial charge in [0.25, 0.3) is 0 Å². The Hall–Kier alpha value is -3.26. The minimum atomic E-state index is -1.74. The fourth-order valence-corrected chi connectivity index (χ4v) is 7.37. The number of esters is 1. The quantitative estimate of drug-likeness (QED) is 0.408. The molecule has 1 unspecified atom stereocenters. The summed E-state index contributed by atoms with van der Waals surface area (Å²) in [4.78, 5) is 25.5. The number of fused-ring (bicyclic) bond motifs is 5. The molecule has 0 aromatic heterocycles. The second kappa shape index (κ2) is 9.89. The van der Waals surface area contributed by atoms with Gasteiger partial charge in [0.1, 0.15) is 11.6 Å². The van der Waals surface area contributed by atoms with Gasteiger partial charge >= 0.3 is 5.97 Å². The van der Waals surface area contributed by atoms with E-state index in [1.807, 2.05) is 6.07 Å². The topological polar surface area (TPSA) is 67.2 Å². The van der Waals surface area contributed by atoms with Crippen LogP contribution in [0.25, 0.3) is 6.08 Å². The summed E-state index contributed by atoms with van der Waals surface area (Å²) < 4.78 is 20.6. The molecular weight excluding hydrogens is 465 g/mol. The van der Waals surface area contributed by atoms with E-state index in [9.17, 15) is 14.9 Å². The van der Waals surface area contributed by atoms with Gasteiger partial charge in [-0.25, -0.2) is 9.18 Å². The highest BCUT2D eigenvalue weighted by molar-refractivity contribution is 5.88. The van der Waals surface area contributed by atoms with Gasteiger partial charge in [-0.2, -0.15) is 5.26 Å². The van der Waals surface area contributed by atoms with Gasteiger partial charge in [-0.15, -0.1) is 0 Å². The number of ketones is 1. The van der Waals surface area contributed by atoms with Crippen LogP contribution in [-0.2, 0) is 26.2 Å². The zero-order valence-corrected chi connectivity index (χ0v) is 21.6. The van der Waals surface area contributed by atoms with Crippen molar-refractivity contribution in [2.45, 2.75) is 70.1 Å². The molecule has 0 bridgehead atoms. The molecule has 5 rings (SSSR count). The summed E-state index contributed by atoms with van der Waals surface area (Å²) in [6.45, 7) is 3.97. The summed E-state index contributed by atoms with van der Waals surface area (Å²) in [5, 5.41) is 10.0. The molecule has 0 N–H and O–H groups in total. The summed E-state index contributed by atoms with van der Waals surface area (Å²) >= 11 is 0. The van der Waals surface area contributed by atoms with E-state index in [0.717, 1.165) is 44.1 Å². The number of aryl methyl sites for hydroxylation is 1. The van der Waals surface area contributed by atoms with Crippen molar-refractivity contribution < 1.29 is 18.7 Å². The van der Waals surface area contributed by atoms with E-state index in [0.29, 0.717) is 29.1 Å². The molecule has 4 nitrogen and oxygen atoms in total. The molecule has 5 atom stereocenters. The molecule has 0 radical (unpaired) electrons. The number of Topliss-reactive ketones (excluding diaryl/α,β-unsaturated/α-hetero) is 1. The summed E-state index contributed by atoms with van der Waals surface area (Å²) in [6, 6.07) is 16.8. The van der Waals surface area contributed by atoms with Gasteiger partial charge in [-0.3, -0.25) is 4.79 Å². The van der Waals surface area contributed by atoms with Crippen LogP contribution in [0.4, 0.5) is 4.39 Å². The highest BCUT2D eigenvalue weighted by atomic mass is 19.1. The van der Waals surface area contributed by atoms with Crippen molar-refractivity contribution in [1.29, 1.82) is 5.26 Å². The Morgan fingerprint density at radius 3 is 2.70 bits per heavy atom. The lowest BCUT2D eigenvalue weighted by Crippen LogP contribution is -2.42. The molecule has 0 spiro atoms. The van der Waals surface area contributed by atoms with E-state index in [-0.39, 0.29) is 18.4 Å². The first-order valence-corrected chi connectivity index (χ1v) is 13.5. The summed E-state index contributed by atoms with van der Waals surface area (Å²) in [5.41, 5.74) is 1.86. The number of benzene rings is 2. The van der Waals surface area contributed by atoms with Gasteiger partial charge in [0, 0.05) is 18.3 Å². The maximum absolute atomic E-state index is 15.5. The predicted molar refractivity (Wildman–Crippen MR) is 140 cm³/mol. The number of nitriles is 1. The fraction of sp³-hybridized carbons (Fsp3) is 0.469. The number of nitrogens with zero attached hydrogens (tertiary/aromatic N) is 1. The third-order valence-corrected chi connectivity index (χ3v) is 9.30. The van der Waals surface area contributed by atoms with Crippen LogP contribution in [0, 0.1) is 28.6 Å². The minimum Gasteiger partial charge on any atom is -0.465 e. The number of hydrogen-bond donors (Lipinski definition) is 0. The van der Waals surface area contributed by atoms with Crippen molar-refractivity contribution in [3.8, 4) is 6.07 Å². The number of halogens is 1. The monoisotopic (exact) mass is 499 g/mol. The summed E-state index contributed by atoms with van der Waals surface area (Å²) in [6.07, 6.45) is 6.76. The lowest BCUT2D eigenvalue weighted by atomic mass is 9.55. The largest absolute Gasteiger partial charge is 0.465 e. The summed E-state index contributed by atoms with van der Waals surface area (Å²) in [5.74, 6) is 0.656. The van der Waals surface area contributed by atoms with Crippen LogP contribution in [0.15, 0.2) is 54.4 Å². The lowest BCUT2D eigenvalue weighted by Gasteiger charge is -2.48. The molecule has 3 aliphatic carbocycles. The van der Waals surface area contributed by atoms with Crippen LogP contribution in [0.5, 0.6) is 0 Å². The minimum absolute atomic E-state index is 0.113. The maximum atomic E-state index is 15.5. The first-order valence-electron chi connectivity index (χ1n) is 13.5. The molecule has 5 heteroatoms. The van der Waals surface area contributed by atoms with Crippen molar-refractivity contribution in [3.05, 3.63) is 76.6 Å². The highest BCUT2D eigenvalue weighted by Gasteiger charge is 2.54. The average Bonchev–Trinajstić information content (AvgIpc) is 3.21. The van der Waals surface area contributed by atoms with Crippen molar-refractivity contribution in [2.75, 3.05) is 6.61 Å². The molecule has 2 aromatic carbocycles. The Morgan fingerprint density at radius 2 is 1.97 bits per heavy atom. The maximum Gasteiger partial charge on any atom is 0.331 e. The van der Waals surface area contributed by atoms with Crippen molar-refractivity contribution in [3.63, 3.8) is 0 Å². The second-order valence-corrected chi connectivity index (χ2v) is 11.2. The zero-order valence-electron chi connectivity index (χ0n) is 21.6. The normalized spacial score (nSPS) is 28.3. The number of allylic oxidation sites excluding steroid dienone is 1. The van der Waals surface area contributed by atoms with Gasteiger partial charge in [0.2, 0.25) is 0 Å². The van der Waals surface area contributed by atoms with Crippen molar-refractivity contribution >= 4 is 17.8 Å². The first kappa shape index (κ1) is 25.4. The molecule has 37 heavy (non-hydrogen) atoms. The van der Waals surface area contributed by atoms with Crippen LogP contribution in [0.3, 0.4) is 0 Å². The Morgan fingerprint density at radius 1 is 1.19 bits per heavy atom. The Kier molecular flexibility index (Phi) is 6.79. The number of rotatable bonds is 6. The zero-order chi connectivity index (χ0) is 26.2. The Balaban J connectivity index is 1.40. The van der Waals surface area contributed by atoms with Gasteiger partial charge < -0.3 is 4.74 Å². The SMILES string of the molecule is CCOC(=O)C(C#N)(C/C(F)=C/c1ccc2c(c1)CC[C@@H]1[C@@H]2CC[C@]2(C)C(=O)CC[C@@H]12)c1ccccc1. The van der Waals surface area contributed by atoms with E-state index in [4.69, 9.17) is 4.74 Å². The molecule has 2 fully saturated rings. The molecule has 0 saturated heterocycles. The third kappa shape index (κ3) is 4.31. The smallest absolute Gasteiger partial charge is 0.331 e. The first-order chi connectivity index (χ1) is 17.8. The van der Waals surface area contributed by atoms with Crippen LogP contribution in [0.2, 0.25) is 0 Å². The Bertz CT molecular complexity index is 1280. The molecular formula is C32H34FNO3. The van der Waals surface area contributed by atoms with Gasteiger partial charge in [-0.05, 0) is 85.1 Å². The van der Waals surface area contributed by atoms with Gasteiger partial charge in [0.15, 0.2) is 5.41 Å². The standard InChI is InChI=1S/C32H34FNO3/c1-3-37-30(36)32(20-34,23-7-5-4-6-8-23)19-24(33)18-21-9-11-25-22(17-21)10-12-27-26(25)15-16-31(2)28(27)13-14-29(31)35/h4-9,11,17-18,26-28H,3,10,12-16,19H2,1-2H3/b24-18-/t26-,27-,28+,31+,32?/m1/s1. The number of hydrogen-bond acceptors (Lipinski definition) is 4. The second-order valence-electron chi connectivity index (χ2n) is 11.2. The molecule has 2 saturated carbocycles. The number of carbonyl (C=O) groups is 2. The molecule has 0 aliphatic heterocycles.